The van der Waals surface area contributed by atoms with Crippen LogP contribution in [0.1, 0.15) is 0 Å². The molecule has 0 atom stereocenters. The van der Waals surface area contributed by atoms with E-state index in [0.717, 1.165) is 5.69 Å². The van der Waals surface area contributed by atoms with Gasteiger partial charge in [0.15, 0.2) is 0 Å². The van der Waals surface area contributed by atoms with Gasteiger partial charge in [0, 0.05) is 50.2 Å². The Hall–Kier alpha value is -6.06. The molecule has 0 bridgehead atoms. The summed E-state index contributed by atoms with van der Waals surface area (Å²) in [5.74, 6) is 0. The highest BCUT2D eigenvalue weighted by Crippen LogP contribution is 2.38. The molecular formula is C42H27N3. The number of hydrogen-bond acceptors (Lipinski definition) is 0. The average molecular weight is 574 g/mol. The van der Waals surface area contributed by atoms with Crippen molar-refractivity contribution in [3.63, 3.8) is 0 Å². The first-order valence-corrected chi connectivity index (χ1v) is 15.4. The minimum absolute atomic E-state index is 1.16. The Balaban J connectivity index is 1.20. The molecule has 210 valence electrons. The fourth-order valence-corrected chi connectivity index (χ4v) is 7.39. The highest BCUT2D eigenvalue weighted by atomic mass is 15.0. The molecule has 0 aliphatic heterocycles. The number of hydrogen-bond donors (Lipinski definition) is 0. The Labute approximate surface area is 259 Å². The summed E-state index contributed by atoms with van der Waals surface area (Å²) in [6.45, 7) is 0. The molecule has 45 heavy (non-hydrogen) atoms. The first kappa shape index (κ1) is 24.4. The van der Waals surface area contributed by atoms with Gasteiger partial charge in [0.1, 0.15) is 0 Å². The van der Waals surface area contributed by atoms with Crippen LogP contribution < -0.4 is 0 Å². The van der Waals surface area contributed by atoms with Gasteiger partial charge in [-0.2, -0.15) is 0 Å². The largest absolute Gasteiger partial charge is 0.317 e. The minimum Gasteiger partial charge on any atom is -0.317 e. The van der Waals surface area contributed by atoms with Gasteiger partial charge in [0.05, 0.1) is 27.6 Å². The molecule has 10 aromatic rings. The third-order valence-electron chi connectivity index (χ3n) is 9.40. The molecule has 0 saturated carbocycles. The molecule has 0 aliphatic carbocycles. The SMILES string of the molecule is c1ccc(-n2c3ccccc3c3cc(-n4ccc5cc6cc7c8ccccc8n(-c8ccccc8)c7cc6cc54)ccc32)cc1. The summed E-state index contributed by atoms with van der Waals surface area (Å²) in [5, 5.41) is 8.79. The van der Waals surface area contributed by atoms with Gasteiger partial charge in [-0.05, 0) is 95.7 Å². The van der Waals surface area contributed by atoms with Crippen LogP contribution >= 0.6 is 0 Å². The zero-order valence-electron chi connectivity index (χ0n) is 24.4. The van der Waals surface area contributed by atoms with Gasteiger partial charge in [-0.1, -0.05) is 72.8 Å². The predicted octanol–water partition coefficient (Wildman–Crippen LogP) is 11.0. The van der Waals surface area contributed by atoms with E-state index in [9.17, 15) is 0 Å². The zero-order chi connectivity index (χ0) is 29.5. The van der Waals surface area contributed by atoms with Crippen LogP contribution in [0.15, 0.2) is 164 Å². The highest BCUT2D eigenvalue weighted by molar-refractivity contribution is 6.15. The van der Waals surface area contributed by atoms with Crippen molar-refractivity contribution >= 4 is 65.3 Å². The standard InChI is InChI=1S/C42H27N3/c1-3-11-31(12-4-1)44-38-17-9-8-16-35(38)37-27-33(19-20-40(37)44)43-22-21-28-23-29-24-36-34-15-7-10-18-39(34)45(32-13-5-2-6-14-32)42(36)26-30(29)25-41(28)43/h1-27H. The van der Waals surface area contributed by atoms with Gasteiger partial charge in [0.25, 0.3) is 0 Å². The Bertz CT molecular complexity index is 2740. The van der Waals surface area contributed by atoms with Gasteiger partial charge in [-0.25, -0.2) is 0 Å². The lowest BCUT2D eigenvalue weighted by molar-refractivity contribution is 1.13. The number of benzene rings is 7. The molecule has 3 nitrogen and oxygen atoms in total. The summed E-state index contributed by atoms with van der Waals surface area (Å²) < 4.78 is 7.09. The lowest BCUT2D eigenvalue weighted by atomic mass is 10.0. The fraction of sp³-hybridized carbons (Fsp3) is 0. The molecule has 0 aliphatic rings. The first-order valence-electron chi connectivity index (χ1n) is 15.4. The second kappa shape index (κ2) is 9.22. The molecule has 10 rings (SSSR count). The first-order chi connectivity index (χ1) is 22.3. The maximum Gasteiger partial charge on any atom is 0.0547 e. The van der Waals surface area contributed by atoms with E-state index < -0.39 is 0 Å². The lowest BCUT2D eigenvalue weighted by Crippen LogP contribution is -1.95. The molecule has 3 heterocycles. The van der Waals surface area contributed by atoms with Crippen molar-refractivity contribution in [1.82, 2.24) is 13.7 Å². The third-order valence-corrected chi connectivity index (χ3v) is 9.40. The van der Waals surface area contributed by atoms with E-state index in [0.29, 0.717) is 0 Å². The number of aromatic nitrogens is 3. The van der Waals surface area contributed by atoms with Crippen molar-refractivity contribution in [1.29, 1.82) is 0 Å². The summed E-state index contributed by atoms with van der Waals surface area (Å²) in [6, 6.07) is 57.3. The Kier molecular flexibility index (Phi) is 5.00. The molecule has 0 unspecified atom stereocenters. The van der Waals surface area contributed by atoms with Crippen LogP contribution in [-0.2, 0) is 0 Å². The van der Waals surface area contributed by atoms with Crippen molar-refractivity contribution in [2.24, 2.45) is 0 Å². The Morgan fingerprint density at radius 3 is 1.51 bits per heavy atom. The molecule has 0 radical (unpaired) electrons. The quantitative estimate of drug-likeness (QED) is 0.200. The maximum atomic E-state index is 2.39. The van der Waals surface area contributed by atoms with E-state index in [-0.39, 0.29) is 0 Å². The monoisotopic (exact) mass is 573 g/mol. The van der Waals surface area contributed by atoms with Crippen molar-refractivity contribution in [3.05, 3.63) is 164 Å². The molecule has 7 aromatic carbocycles. The zero-order valence-corrected chi connectivity index (χ0v) is 24.4. The van der Waals surface area contributed by atoms with E-state index in [1.165, 1.54) is 76.7 Å². The predicted molar refractivity (Wildman–Crippen MR) is 189 cm³/mol. The molecule has 0 amide bonds. The van der Waals surface area contributed by atoms with Gasteiger partial charge >= 0.3 is 0 Å². The smallest absolute Gasteiger partial charge is 0.0547 e. The summed E-state index contributed by atoms with van der Waals surface area (Å²) in [4.78, 5) is 0. The van der Waals surface area contributed by atoms with Crippen LogP contribution in [0.3, 0.4) is 0 Å². The van der Waals surface area contributed by atoms with Gasteiger partial charge in [0.2, 0.25) is 0 Å². The molecule has 3 aromatic heterocycles. The number of nitrogens with zero attached hydrogens (tertiary/aromatic N) is 3. The van der Waals surface area contributed by atoms with E-state index in [1.807, 2.05) is 0 Å². The van der Waals surface area contributed by atoms with E-state index in [1.54, 1.807) is 0 Å². The third kappa shape index (κ3) is 3.52. The summed E-state index contributed by atoms with van der Waals surface area (Å²) in [6.07, 6.45) is 2.21. The molecule has 0 N–H and O–H groups in total. The van der Waals surface area contributed by atoms with Crippen molar-refractivity contribution in [2.75, 3.05) is 0 Å². The van der Waals surface area contributed by atoms with Gasteiger partial charge in [-0.15, -0.1) is 0 Å². The molecule has 0 saturated heterocycles. The molecule has 3 heteroatoms. The van der Waals surface area contributed by atoms with Crippen LogP contribution in [0.25, 0.3) is 82.3 Å². The minimum atomic E-state index is 1.16. The number of para-hydroxylation sites is 4. The van der Waals surface area contributed by atoms with Crippen LogP contribution in [0.2, 0.25) is 0 Å². The van der Waals surface area contributed by atoms with E-state index in [4.69, 9.17) is 0 Å². The van der Waals surface area contributed by atoms with Crippen LogP contribution in [0.4, 0.5) is 0 Å². The van der Waals surface area contributed by atoms with E-state index in [2.05, 4.69) is 178 Å². The Morgan fingerprint density at radius 2 is 0.822 bits per heavy atom. The summed E-state index contributed by atoms with van der Waals surface area (Å²) in [7, 11) is 0. The fourth-order valence-electron chi connectivity index (χ4n) is 7.39. The van der Waals surface area contributed by atoms with E-state index >= 15 is 0 Å². The lowest BCUT2D eigenvalue weighted by Gasteiger charge is -2.10. The number of rotatable bonds is 3. The second-order valence-corrected chi connectivity index (χ2v) is 11.9. The topological polar surface area (TPSA) is 14.8 Å². The Morgan fingerprint density at radius 1 is 0.289 bits per heavy atom. The second-order valence-electron chi connectivity index (χ2n) is 11.9. The highest BCUT2D eigenvalue weighted by Gasteiger charge is 2.16. The number of fused-ring (bicyclic) bond motifs is 8. The molecular weight excluding hydrogens is 546 g/mol. The van der Waals surface area contributed by atoms with Crippen molar-refractivity contribution < 1.29 is 0 Å². The van der Waals surface area contributed by atoms with Crippen molar-refractivity contribution in [3.8, 4) is 17.1 Å². The van der Waals surface area contributed by atoms with Crippen LogP contribution in [0, 0.1) is 0 Å². The molecule has 0 fully saturated rings. The van der Waals surface area contributed by atoms with Crippen LogP contribution in [0.5, 0.6) is 0 Å². The van der Waals surface area contributed by atoms with Gasteiger partial charge in [-0.3, -0.25) is 0 Å². The normalized spacial score (nSPS) is 12.0. The van der Waals surface area contributed by atoms with Gasteiger partial charge < -0.3 is 13.7 Å². The molecule has 0 spiro atoms. The van der Waals surface area contributed by atoms with Crippen molar-refractivity contribution in [2.45, 2.75) is 0 Å². The maximum absolute atomic E-state index is 2.39. The van der Waals surface area contributed by atoms with Crippen LogP contribution in [-0.4, -0.2) is 13.7 Å². The summed E-state index contributed by atoms with van der Waals surface area (Å²) >= 11 is 0. The average Bonchev–Trinajstić information content (AvgIpc) is 3.76. The summed E-state index contributed by atoms with van der Waals surface area (Å²) in [5.41, 5.74) is 9.60.